The third-order valence-electron chi connectivity index (χ3n) is 2.37. The van der Waals surface area contributed by atoms with Crippen LogP contribution in [-0.2, 0) is 0 Å². The van der Waals surface area contributed by atoms with Crippen molar-refractivity contribution in [2.75, 3.05) is 0 Å². The van der Waals surface area contributed by atoms with Gasteiger partial charge in [-0.3, -0.25) is 4.99 Å². The molecular formula is C12H15NS. The van der Waals surface area contributed by atoms with Crippen LogP contribution in [-0.4, -0.2) is 11.6 Å². The Morgan fingerprint density at radius 1 is 1.36 bits per heavy atom. The average molecular weight is 205 g/mol. The van der Waals surface area contributed by atoms with Crippen LogP contribution in [0.5, 0.6) is 0 Å². The van der Waals surface area contributed by atoms with E-state index < -0.39 is 0 Å². The van der Waals surface area contributed by atoms with Gasteiger partial charge in [0, 0.05) is 16.7 Å². The molecule has 0 aromatic heterocycles. The van der Waals surface area contributed by atoms with Crippen LogP contribution in [0.3, 0.4) is 0 Å². The summed E-state index contributed by atoms with van der Waals surface area (Å²) < 4.78 is 0. The van der Waals surface area contributed by atoms with Crippen LogP contribution in [0.1, 0.15) is 31.7 Å². The molecule has 0 amide bonds. The number of unbranched alkanes of at least 4 members (excludes halogenated alkanes) is 1. The van der Waals surface area contributed by atoms with E-state index >= 15 is 0 Å². The molecule has 0 N–H and O–H groups in total. The first-order valence-corrected chi connectivity index (χ1v) is 6.07. The topological polar surface area (TPSA) is 12.4 Å². The predicted molar refractivity (Wildman–Crippen MR) is 63.2 cm³/mol. The fourth-order valence-corrected chi connectivity index (χ4v) is 2.66. The first-order chi connectivity index (χ1) is 6.90. The third kappa shape index (κ3) is 2.18. The summed E-state index contributed by atoms with van der Waals surface area (Å²) >= 11 is 1.90. The van der Waals surface area contributed by atoms with Crippen LogP contribution in [0, 0.1) is 0 Å². The van der Waals surface area contributed by atoms with Crippen LogP contribution in [0.2, 0.25) is 0 Å². The van der Waals surface area contributed by atoms with E-state index in [9.17, 15) is 0 Å². The van der Waals surface area contributed by atoms with Crippen molar-refractivity contribution in [3.63, 3.8) is 0 Å². The summed E-state index contributed by atoms with van der Waals surface area (Å²) in [6.45, 7) is 2.23. The molecule has 1 nitrogen and oxygen atoms in total. The van der Waals surface area contributed by atoms with Crippen LogP contribution < -0.4 is 0 Å². The van der Waals surface area contributed by atoms with Crippen LogP contribution in [0.15, 0.2) is 34.2 Å². The molecule has 1 aromatic rings. The van der Waals surface area contributed by atoms with Crippen molar-refractivity contribution in [1.29, 1.82) is 0 Å². The van der Waals surface area contributed by atoms with E-state index in [1.807, 2.05) is 18.0 Å². The summed E-state index contributed by atoms with van der Waals surface area (Å²) in [6.07, 6.45) is 5.75. The molecule has 1 aliphatic rings. The summed E-state index contributed by atoms with van der Waals surface area (Å²) in [5.41, 5.74) is 1.27. The normalized spacial score (nSPS) is 19.4. The first kappa shape index (κ1) is 9.78. The van der Waals surface area contributed by atoms with E-state index in [2.05, 4.69) is 36.2 Å². The maximum atomic E-state index is 4.55. The molecular weight excluding hydrogens is 190 g/mol. The second-order valence-electron chi connectivity index (χ2n) is 3.53. The number of aliphatic imine (C=N–C) groups is 1. The Bertz CT molecular complexity index is 333. The SMILES string of the molecule is CCCCC1N=Cc2ccccc2S1. The number of hydrogen-bond acceptors (Lipinski definition) is 2. The molecule has 14 heavy (non-hydrogen) atoms. The second kappa shape index (κ2) is 4.65. The molecule has 0 saturated heterocycles. The number of rotatable bonds is 3. The zero-order valence-electron chi connectivity index (χ0n) is 8.44. The van der Waals surface area contributed by atoms with Gasteiger partial charge in [-0.25, -0.2) is 0 Å². The van der Waals surface area contributed by atoms with Gasteiger partial charge in [0.25, 0.3) is 0 Å². The Morgan fingerprint density at radius 3 is 3.07 bits per heavy atom. The Balaban J connectivity index is 2.06. The minimum absolute atomic E-state index is 0.449. The van der Waals surface area contributed by atoms with E-state index in [0.717, 1.165) is 0 Å². The largest absolute Gasteiger partial charge is 0.278 e. The molecule has 0 spiro atoms. The van der Waals surface area contributed by atoms with Gasteiger partial charge in [0.1, 0.15) is 0 Å². The standard InChI is InChI=1S/C12H15NS/c1-2-3-8-12-13-9-10-6-4-5-7-11(10)14-12/h4-7,9,12H,2-3,8H2,1H3. The molecule has 1 atom stereocenters. The van der Waals surface area contributed by atoms with Gasteiger partial charge in [0.2, 0.25) is 0 Å². The van der Waals surface area contributed by atoms with Gasteiger partial charge in [-0.15, -0.1) is 0 Å². The van der Waals surface area contributed by atoms with E-state index in [1.165, 1.54) is 29.7 Å². The van der Waals surface area contributed by atoms with E-state index in [1.54, 1.807) is 0 Å². The van der Waals surface area contributed by atoms with Crippen molar-refractivity contribution in [3.05, 3.63) is 29.8 Å². The van der Waals surface area contributed by atoms with Gasteiger partial charge >= 0.3 is 0 Å². The predicted octanol–water partition coefficient (Wildman–Crippen LogP) is 3.73. The maximum absolute atomic E-state index is 4.55. The molecule has 0 bridgehead atoms. The smallest absolute Gasteiger partial charge is 0.0997 e. The first-order valence-electron chi connectivity index (χ1n) is 5.19. The molecule has 1 aromatic carbocycles. The molecule has 1 aliphatic heterocycles. The third-order valence-corrected chi connectivity index (χ3v) is 3.62. The Kier molecular flexibility index (Phi) is 3.25. The van der Waals surface area contributed by atoms with Crippen molar-refractivity contribution in [3.8, 4) is 0 Å². The van der Waals surface area contributed by atoms with Crippen molar-refractivity contribution in [2.24, 2.45) is 4.99 Å². The summed E-state index contributed by atoms with van der Waals surface area (Å²) in [5.74, 6) is 0. The molecule has 0 saturated carbocycles. The highest BCUT2D eigenvalue weighted by Gasteiger charge is 2.13. The van der Waals surface area contributed by atoms with Gasteiger partial charge in [0.05, 0.1) is 5.37 Å². The fourth-order valence-electron chi connectivity index (χ4n) is 1.55. The summed E-state index contributed by atoms with van der Waals surface area (Å²) in [5, 5.41) is 0.449. The lowest BCUT2D eigenvalue weighted by Crippen LogP contribution is -2.05. The average Bonchev–Trinajstić information content (AvgIpc) is 2.26. The van der Waals surface area contributed by atoms with Crippen molar-refractivity contribution in [1.82, 2.24) is 0 Å². The Hall–Kier alpha value is -0.760. The highest BCUT2D eigenvalue weighted by molar-refractivity contribution is 8.00. The highest BCUT2D eigenvalue weighted by atomic mass is 32.2. The van der Waals surface area contributed by atoms with Gasteiger partial charge in [-0.05, 0) is 12.5 Å². The van der Waals surface area contributed by atoms with Gasteiger partial charge < -0.3 is 0 Å². The van der Waals surface area contributed by atoms with Crippen molar-refractivity contribution < 1.29 is 0 Å². The van der Waals surface area contributed by atoms with E-state index in [0.29, 0.717) is 5.37 Å². The minimum atomic E-state index is 0.449. The Labute approximate surface area is 89.6 Å². The molecule has 1 heterocycles. The summed E-state index contributed by atoms with van der Waals surface area (Å²) in [4.78, 5) is 5.92. The molecule has 0 radical (unpaired) electrons. The van der Waals surface area contributed by atoms with E-state index in [4.69, 9.17) is 0 Å². The number of fused-ring (bicyclic) bond motifs is 1. The lowest BCUT2D eigenvalue weighted by molar-refractivity contribution is 0.700. The van der Waals surface area contributed by atoms with Crippen molar-refractivity contribution in [2.45, 2.75) is 36.5 Å². The molecule has 0 fully saturated rings. The highest BCUT2D eigenvalue weighted by Crippen LogP contribution is 2.32. The molecule has 74 valence electrons. The maximum Gasteiger partial charge on any atom is 0.0997 e. The monoisotopic (exact) mass is 205 g/mol. The lowest BCUT2D eigenvalue weighted by atomic mass is 10.2. The molecule has 1 unspecified atom stereocenters. The summed E-state index contributed by atoms with van der Waals surface area (Å²) in [6, 6.07) is 8.48. The Morgan fingerprint density at radius 2 is 2.21 bits per heavy atom. The molecule has 0 aliphatic carbocycles. The molecule has 2 rings (SSSR count). The number of nitrogens with zero attached hydrogens (tertiary/aromatic N) is 1. The zero-order chi connectivity index (χ0) is 9.80. The summed E-state index contributed by atoms with van der Waals surface area (Å²) in [7, 11) is 0. The molecule has 2 heteroatoms. The van der Waals surface area contributed by atoms with Gasteiger partial charge in [0.15, 0.2) is 0 Å². The van der Waals surface area contributed by atoms with Crippen LogP contribution in [0.25, 0.3) is 0 Å². The number of hydrogen-bond donors (Lipinski definition) is 0. The van der Waals surface area contributed by atoms with Gasteiger partial charge in [-0.1, -0.05) is 49.7 Å². The van der Waals surface area contributed by atoms with E-state index in [-0.39, 0.29) is 0 Å². The zero-order valence-corrected chi connectivity index (χ0v) is 9.26. The second-order valence-corrected chi connectivity index (χ2v) is 4.75. The minimum Gasteiger partial charge on any atom is -0.278 e. The van der Waals surface area contributed by atoms with Crippen molar-refractivity contribution >= 4 is 18.0 Å². The fraction of sp³-hybridized carbons (Fsp3) is 0.417. The van der Waals surface area contributed by atoms with Crippen LogP contribution >= 0.6 is 11.8 Å². The van der Waals surface area contributed by atoms with Crippen LogP contribution in [0.4, 0.5) is 0 Å². The number of thioether (sulfide) groups is 1. The lowest BCUT2D eigenvalue weighted by Gasteiger charge is -2.17. The number of benzene rings is 1. The van der Waals surface area contributed by atoms with Gasteiger partial charge in [-0.2, -0.15) is 0 Å². The quantitative estimate of drug-likeness (QED) is 0.732.